The number of carbonyl (C=O) groups is 1. The van der Waals surface area contributed by atoms with Crippen LogP contribution in [-0.4, -0.2) is 25.0 Å². The fraction of sp³-hybridized carbons (Fsp3) is 0.533. The third kappa shape index (κ3) is 2.75. The van der Waals surface area contributed by atoms with E-state index in [1.165, 1.54) is 22.2 Å². The van der Waals surface area contributed by atoms with Crippen molar-refractivity contribution in [3.8, 4) is 0 Å². The van der Waals surface area contributed by atoms with E-state index in [0.717, 1.165) is 11.4 Å². The summed E-state index contributed by atoms with van der Waals surface area (Å²) < 4.78 is 2.41. The van der Waals surface area contributed by atoms with Gasteiger partial charge in [-0.3, -0.25) is 4.79 Å². The summed E-state index contributed by atoms with van der Waals surface area (Å²) in [5.41, 5.74) is 0.251. The molecule has 3 rings (SSSR count). The highest BCUT2D eigenvalue weighted by atomic mass is 32.1. The van der Waals surface area contributed by atoms with E-state index in [1.54, 1.807) is 22.7 Å². The zero-order valence-electron chi connectivity index (χ0n) is 11.9. The van der Waals surface area contributed by atoms with Gasteiger partial charge in [0, 0.05) is 22.0 Å². The first-order valence-corrected chi connectivity index (χ1v) is 8.74. The summed E-state index contributed by atoms with van der Waals surface area (Å²) >= 11 is 3.27. The summed E-state index contributed by atoms with van der Waals surface area (Å²) in [6.45, 7) is 6.31. The quantitative estimate of drug-likeness (QED) is 0.911. The monoisotopic (exact) mass is 308 g/mol. The van der Waals surface area contributed by atoms with Crippen LogP contribution in [0, 0.1) is 5.41 Å². The third-order valence-corrected chi connectivity index (χ3v) is 6.25. The van der Waals surface area contributed by atoms with E-state index in [4.69, 9.17) is 0 Å². The molecule has 3 nitrogen and oxygen atoms in total. The van der Waals surface area contributed by atoms with Gasteiger partial charge in [0.25, 0.3) is 5.91 Å². The summed E-state index contributed by atoms with van der Waals surface area (Å²) in [5, 5.41) is 8.68. The molecule has 2 aromatic rings. The molecule has 0 aliphatic carbocycles. The molecule has 0 aromatic carbocycles. The molecule has 1 unspecified atom stereocenters. The van der Waals surface area contributed by atoms with Gasteiger partial charge in [-0.05, 0) is 42.3 Å². The van der Waals surface area contributed by atoms with E-state index >= 15 is 0 Å². The Morgan fingerprint density at radius 2 is 2.35 bits per heavy atom. The summed E-state index contributed by atoms with van der Waals surface area (Å²) in [6, 6.07) is 4.44. The predicted octanol–water partition coefficient (Wildman–Crippen LogP) is 3.47. The Hall–Kier alpha value is -0.910. The molecule has 0 radical (unpaired) electrons. The maximum atomic E-state index is 12.2. The van der Waals surface area contributed by atoms with Crippen LogP contribution >= 0.6 is 22.7 Å². The molecule has 1 amide bonds. The maximum absolute atomic E-state index is 12.2. The van der Waals surface area contributed by atoms with E-state index in [-0.39, 0.29) is 11.3 Å². The van der Waals surface area contributed by atoms with E-state index in [2.05, 4.69) is 35.9 Å². The molecule has 0 bridgehead atoms. The first-order valence-electron chi connectivity index (χ1n) is 7.05. The van der Waals surface area contributed by atoms with Crippen molar-refractivity contribution in [2.75, 3.05) is 13.1 Å². The van der Waals surface area contributed by atoms with E-state index in [0.29, 0.717) is 12.6 Å². The van der Waals surface area contributed by atoms with Gasteiger partial charge in [-0.15, -0.1) is 22.7 Å². The molecule has 0 spiro atoms. The number of thiophene rings is 2. The van der Waals surface area contributed by atoms with Gasteiger partial charge in [-0.2, -0.15) is 0 Å². The van der Waals surface area contributed by atoms with E-state index in [1.807, 2.05) is 6.07 Å². The molecule has 1 fully saturated rings. The Balaban J connectivity index is 1.63. The molecule has 1 aliphatic heterocycles. The van der Waals surface area contributed by atoms with Crippen molar-refractivity contribution in [2.45, 2.75) is 32.7 Å². The minimum absolute atomic E-state index is 0.0570. The van der Waals surface area contributed by atoms with Gasteiger partial charge in [0.2, 0.25) is 0 Å². The number of piperidine rings is 1. The minimum Gasteiger partial charge on any atom is -0.350 e. The molecule has 2 N–H and O–H groups in total. The van der Waals surface area contributed by atoms with Crippen LogP contribution in [0.3, 0.4) is 0 Å². The highest BCUT2D eigenvalue weighted by molar-refractivity contribution is 7.27. The number of rotatable bonds is 3. The summed E-state index contributed by atoms with van der Waals surface area (Å²) in [6.07, 6.45) is 2.44. The number of nitrogens with one attached hydrogen (secondary N) is 2. The maximum Gasteiger partial charge on any atom is 0.261 e. The van der Waals surface area contributed by atoms with Gasteiger partial charge in [-0.25, -0.2) is 0 Å². The summed E-state index contributed by atoms with van der Waals surface area (Å²) in [7, 11) is 0. The van der Waals surface area contributed by atoms with Crippen LogP contribution in [-0.2, 0) is 0 Å². The molecule has 3 heterocycles. The topological polar surface area (TPSA) is 41.1 Å². The van der Waals surface area contributed by atoms with Crippen molar-refractivity contribution >= 4 is 38.0 Å². The largest absolute Gasteiger partial charge is 0.350 e. The molecule has 20 heavy (non-hydrogen) atoms. The minimum atomic E-state index is 0.0570. The van der Waals surface area contributed by atoms with Gasteiger partial charge in [0.1, 0.15) is 0 Å². The Kier molecular flexibility index (Phi) is 3.84. The number of amides is 1. The molecular formula is C15H20N2OS2. The summed E-state index contributed by atoms with van der Waals surface area (Å²) in [4.78, 5) is 13.1. The first kappa shape index (κ1) is 14.0. The van der Waals surface area contributed by atoms with Crippen LogP contribution in [0.2, 0.25) is 0 Å². The Morgan fingerprint density at radius 1 is 1.50 bits per heavy atom. The van der Waals surface area contributed by atoms with Gasteiger partial charge in [-0.1, -0.05) is 13.8 Å². The molecule has 1 aliphatic rings. The molecule has 1 atom stereocenters. The van der Waals surface area contributed by atoms with Crippen molar-refractivity contribution in [3.05, 3.63) is 22.4 Å². The van der Waals surface area contributed by atoms with Crippen LogP contribution in [0.1, 0.15) is 36.4 Å². The van der Waals surface area contributed by atoms with Crippen molar-refractivity contribution in [3.63, 3.8) is 0 Å². The number of hydrogen-bond acceptors (Lipinski definition) is 4. The fourth-order valence-corrected chi connectivity index (χ4v) is 4.80. The molecule has 5 heteroatoms. The van der Waals surface area contributed by atoms with Gasteiger partial charge in [0.05, 0.1) is 4.88 Å². The fourth-order valence-electron chi connectivity index (χ4n) is 2.78. The smallest absolute Gasteiger partial charge is 0.261 e. The number of hydrogen-bond donors (Lipinski definition) is 2. The van der Waals surface area contributed by atoms with Gasteiger partial charge < -0.3 is 10.6 Å². The second-order valence-electron chi connectivity index (χ2n) is 6.07. The van der Waals surface area contributed by atoms with Crippen LogP contribution in [0.25, 0.3) is 9.40 Å². The molecule has 108 valence electrons. The second kappa shape index (κ2) is 5.47. The number of fused-ring (bicyclic) bond motifs is 1. The summed E-state index contributed by atoms with van der Waals surface area (Å²) in [5.74, 6) is 0.0570. The normalized spacial score (nSPS) is 22.0. The predicted molar refractivity (Wildman–Crippen MR) is 86.8 cm³/mol. The SMILES string of the molecule is CC1(C)CCCNC1CNC(=O)c1cc2sccc2s1. The van der Waals surface area contributed by atoms with Crippen molar-refractivity contribution in [1.82, 2.24) is 10.6 Å². The lowest BCUT2D eigenvalue weighted by molar-refractivity contribution is 0.0933. The van der Waals surface area contributed by atoms with E-state index in [9.17, 15) is 4.79 Å². The number of carbonyl (C=O) groups excluding carboxylic acids is 1. The average Bonchev–Trinajstić information content (AvgIpc) is 2.97. The van der Waals surface area contributed by atoms with E-state index < -0.39 is 0 Å². The van der Waals surface area contributed by atoms with Crippen molar-refractivity contribution in [1.29, 1.82) is 0 Å². The first-order chi connectivity index (χ1) is 9.56. The Labute approximate surface area is 127 Å². The standard InChI is InChI=1S/C15H20N2OS2/c1-15(2)5-3-6-16-13(15)9-17-14(18)12-8-11-10(20-12)4-7-19-11/h4,7-8,13,16H,3,5-6,9H2,1-2H3,(H,17,18). The van der Waals surface area contributed by atoms with Crippen LogP contribution < -0.4 is 10.6 Å². The molecule has 1 saturated heterocycles. The zero-order chi connectivity index (χ0) is 14.2. The lowest BCUT2D eigenvalue weighted by Gasteiger charge is -2.39. The van der Waals surface area contributed by atoms with Gasteiger partial charge >= 0.3 is 0 Å². The molecule has 2 aromatic heterocycles. The Bertz CT molecular complexity index is 586. The zero-order valence-corrected chi connectivity index (χ0v) is 13.5. The van der Waals surface area contributed by atoms with Crippen LogP contribution in [0.4, 0.5) is 0 Å². The lowest BCUT2D eigenvalue weighted by atomic mass is 9.77. The average molecular weight is 308 g/mol. The molecular weight excluding hydrogens is 288 g/mol. The van der Waals surface area contributed by atoms with Crippen LogP contribution in [0.15, 0.2) is 17.5 Å². The lowest BCUT2D eigenvalue weighted by Crippen LogP contribution is -2.52. The second-order valence-corrected chi connectivity index (χ2v) is 8.10. The van der Waals surface area contributed by atoms with Crippen LogP contribution in [0.5, 0.6) is 0 Å². The Morgan fingerprint density at radius 3 is 3.10 bits per heavy atom. The highest BCUT2D eigenvalue weighted by Crippen LogP contribution is 2.31. The van der Waals surface area contributed by atoms with Gasteiger partial charge in [0.15, 0.2) is 0 Å². The highest BCUT2D eigenvalue weighted by Gasteiger charge is 2.32. The van der Waals surface area contributed by atoms with Crippen molar-refractivity contribution in [2.24, 2.45) is 5.41 Å². The molecule has 0 saturated carbocycles. The van der Waals surface area contributed by atoms with Crippen molar-refractivity contribution < 1.29 is 4.79 Å². The third-order valence-electron chi connectivity index (χ3n) is 4.16.